The molecule has 0 bridgehead atoms. The van der Waals surface area contributed by atoms with E-state index in [0.29, 0.717) is 16.1 Å². The number of rotatable bonds is 3. The molecule has 102 valence electrons. The van der Waals surface area contributed by atoms with E-state index >= 15 is 0 Å². The van der Waals surface area contributed by atoms with E-state index < -0.39 is 10.1 Å². The minimum absolute atomic E-state index is 0.0502. The van der Waals surface area contributed by atoms with Crippen LogP contribution in [0.2, 0.25) is 5.02 Å². The lowest BCUT2D eigenvalue weighted by atomic mass is 10.3. The predicted molar refractivity (Wildman–Crippen MR) is 75.4 cm³/mol. The monoisotopic (exact) mass is 308 g/mol. The molecule has 0 saturated heterocycles. The van der Waals surface area contributed by atoms with Gasteiger partial charge in [0, 0.05) is 11.1 Å². The van der Waals surface area contributed by atoms with Crippen LogP contribution in [-0.4, -0.2) is 18.4 Å². The lowest BCUT2D eigenvalue weighted by Gasteiger charge is -2.07. The molecule has 1 aromatic heterocycles. The van der Waals surface area contributed by atoms with E-state index in [-0.39, 0.29) is 10.6 Å². The molecule has 0 amide bonds. The first-order valence-corrected chi connectivity index (χ1v) is 7.46. The number of nitrogens with zero attached hydrogens (tertiary/aromatic N) is 1. The Morgan fingerprint density at radius 3 is 2.80 bits per heavy atom. The quantitative estimate of drug-likeness (QED) is 0.755. The van der Waals surface area contributed by atoms with Gasteiger partial charge < -0.3 is 9.17 Å². The number of aromatic nitrogens is 2. The Hall–Kier alpha value is -2.05. The van der Waals surface area contributed by atoms with E-state index in [0.717, 1.165) is 0 Å². The number of hydrogen-bond donors (Lipinski definition) is 1. The van der Waals surface area contributed by atoms with Gasteiger partial charge in [0.1, 0.15) is 10.6 Å². The van der Waals surface area contributed by atoms with Gasteiger partial charge in [0.05, 0.1) is 17.4 Å². The van der Waals surface area contributed by atoms with Crippen molar-refractivity contribution in [2.45, 2.75) is 4.90 Å². The van der Waals surface area contributed by atoms with Crippen LogP contribution >= 0.6 is 11.6 Å². The Kier molecular flexibility index (Phi) is 3.11. The fraction of sp³-hybridized carbons (Fsp3) is 0. The standard InChI is InChI=1S/C13H9ClN2O3S/c14-9-2-1-3-10(6-9)19-20(17,18)11-4-5-12-13(7-11)16-8-15-12/h1-8H,(H,15,16). The van der Waals surface area contributed by atoms with Gasteiger partial charge >= 0.3 is 10.1 Å². The molecule has 0 atom stereocenters. The topological polar surface area (TPSA) is 72.1 Å². The molecule has 0 fully saturated rings. The van der Waals surface area contributed by atoms with Gasteiger partial charge in [-0.3, -0.25) is 0 Å². The molecular weight excluding hydrogens is 300 g/mol. The van der Waals surface area contributed by atoms with Crippen molar-refractivity contribution < 1.29 is 12.6 Å². The van der Waals surface area contributed by atoms with Crippen LogP contribution in [0.25, 0.3) is 11.0 Å². The molecule has 1 heterocycles. The van der Waals surface area contributed by atoms with Gasteiger partial charge in [-0.2, -0.15) is 8.42 Å². The summed E-state index contributed by atoms with van der Waals surface area (Å²) in [7, 11) is -3.91. The summed E-state index contributed by atoms with van der Waals surface area (Å²) in [4.78, 5) is 6.93. The Balaban J connectivity index is 1.98. The fourth-order valence-corrected chi connectivity index (χ4v) is 2.89. The molecular formula is C13H9ClN2O3S. The Labute approximate surface area is 120 Å². The Bertz CT molecular complexity index is 874. The first-order chi connectivity index (χ1) is 9.54. The molecule has 0 aliphatic carbocycles. The highest BCUT2D eigenvalue weighted by atomic mass is 35.5. The summed E-state index contributed by atoms with van der Waals surface area (Å²) in [5.74, 6) is 0.169. The maximum atomic E-state index is 12.2. The maximum Gasteiger partial charge on any atom is 0.339 e. The summed E-state index contributed by atoms with van der Waals surface area (Å²) in [5.41, 5.74) is 1.31. The first-order valence-electron chi connectivity index (χ1n) is 5.68. The van der Waals surface area contributed by atoms with Crippen molar-refractivity contribution in [3.05, 3.63) is 53.8 Å². The summed E-state index contributed by atoms with van der Waals surface area (Å²) in [6, 6.07) is 10.8. The number of halogens is 1. The zero-order valence-electron chi connectivity index (χ0n) is 10.1. The van der Waals surface area contributed by atoms with Crippen LogP contribution in [0.15, 0.2) is 53.7 Å². The number of imidazole rings is 1. The SMILES string of the molecule is O=S(=O)(Oc1cccc(Cl)c1)c1ccc2nc[nH]c2c1. The predicted octanol–water partition coefficient (Wildman–Crippen LogP) is 2.98. The van der Waals surface area contributed by atoms with Crippen LogP contribution in [0, 0.1) is 0 Å². The summed E-state index contributed by atoms with van der Waals surface area (Å²) >= 11 is 5.80. The third-order valence-corrected chi connectivity index (χ3v) is 4.16. The summed E-state index contributed by atoms with van der Waals surface area (Å²) in [5, 5.41) is 0.404. The molecule has 5 nitrogen and oxygen atoms in total. The highest BCUT2D eigenvalue weighted by Crippen LogP contribution is 2.23. The van der Waals surface area contributed by atoms with Crippen LogP contribution in [0.3, 0.4) is 0 Å². The third-order valence-electron chi connectivity index (χ3n) is 2.68. The lowest BCUT2D eigenvalue weighted by Crippen LogP contribution is -2.09. The molecule has 0 saturated carbocycles. The third kappa shape index (κ3) is 2.48. The molecule has 2 aromatic carbocycles. The van der Waals surface area contributed by atoms with Crippen LogP contribution in [0.1, 0.15) is 0 Å². The van der Waals surface area contributed by atoms with Gasteiger partial charge in [0.2, 0.25) is 0 Å². The minimum atomic E-state index is -3.91. The van der Waals surface area contributed by atoms with Crippen molar-refractivity contribution in [3.8, 4) is 5.75 Å². The van der Waals surface area contributed by atoms with Crippen molar-refractivity contribution in [1.29, 1.82) is 0 Å². The van der Waals surface area contributed by atoms with E-state index in [4.69, 9.17) is 15.8 Å². The number of aromatic amines is 1. The van der Waals surface area contributed by atoms with Crippen molar-refractivity contribution in [1.82, 2.24) is 9.97 Å². The van der Waals surface area contributed by atoms with Crippen molar-refractivity contribution >= 4 is 32.8 Å². The van der Waals surface area contributed by atoms with Gasteiger partial charge in [-0.05, 0) is 30.3 Å². The molecule has 3 aromatic rings. The second-order valence-corrected chi connectivity index (χ2v) is 6.06. The summed E-state index contributed by atoms with van der Waals surface area (Å²) < 4.78 is 29.4. The molecule has 1 N–H and O–H groups in total. The van der Waals surface area contributed by atoms with Crippen LogP contribution < -0.4 is 4.18 Å². The van der Waals surface area contributed by atoms with E-state index in [9.17, 15) is 8.42 Å². The van der Waals surface area contributed by atoms with Gasteiger partial charge in [-0.25, -0.2) is 4.98 Å². The minimum Gasteiger partial charge on any atom is -0.379 e. The first kappa shape index (κ1) is 13.0. The van der Waals surface area contributed by atoms with Gasteiger partial charge in [-0.1, -0.05) is 17.7 Å². The number of hydrogen-bond acceptors (Lipinski definition) is 4. The number of benzene rings is 2. The van der Waals surface area contributed by atoms with E-state index in [1.165, 1.54) is 30.6 Å². The highest BCUT2D eigenvalue weighted by molar-refractivity contribution is 7.87. The van der Waals surface area contributed by atoms with Crippen molar-refractivity contribution in [2.75, 3.05) is 0 Å². The van der Waals surface area contributed by atoms with E-state index in [2.05, 4.69) is 9.97 Å². The van der Waals surface area contributed by atoms with Gasteiger partial charge in [-0.15, -0.1) is 0 Å². The fourth-order valence-electron chi connectivity index (χ4n) is 1.76. The van der Waals surface area contributed by atoms with E-state index in [1.807, 2.05) is 0 Å². The van der Waals surface area contributed by atoms with Crippen LogP contribution in [-0.2, 0) is 10.1 Å². The molecule has 0 aliphatic rings. The molecule has 3 rings (SSSR count). The zero-order chi connectivity index (χ0) is 14.2. The molecule has 0 spiro atoms. The summed E-state index contributed by atoms with van der Waals surface area (Å²) in [6.45, 7) is 0. The molecule has 20 heavy (non-hydrogen) atoms. The largest absolute Gasteiger partial charge is 0.379 e. The normalized spacial score (nSPS) is 11.7. The molecule has 0 unspecified atom stereocenters. The zero-order valence-corrected chi connectivity index (χ0v) is 11.6. The lowest BCUT2D eigenvalue weighted by molar-refractivity contribution is 0.486. The average molecular weight is 309 g/mol. The maximum absolute atomic E-state index is 12.2. The number of nitrogens with one attached hydrogen (secondary N) is 1. The summed E-state index contributed by atoms with van der Waals surface area (Å²) in [6.07, 6.45) is 1.50. The molecule has 0 radical (unpaired) electrons. The van der Waals surface area contributed by atoms with Crippen LogP contribution in [0.5, 0.6) is 5.75 Å². The highest BCUT2D eigenvalue weighted by Gasteiger charge is 2.17. The number of H-pyrrole nitrogens is 1. The second-order valence-electron chi connectivity index (χ2n) is 4.08. The molecule has 0 aliphatic heterocycles. The van der Waals surface area contributed by atoms with Crippen molar-refractivity contribution in [3.63, 3.8) is 0 Å². The molecule has 7 heteroatoms. The van der Waals surface area contributed by atoms with Crippen molar-refractivity contribution in [2.24, 2.45) is 0 Å². The van der Waals surface area contributed by atoms with Gasteiger partial charge in [0.25, 0.3) is 0 Å². The Morgan fingerprint density at radius 1 is 1.15 bits per heavy atom. The second kappa shape index (κ2) is 4.81. The van der Waals surface area contributed by atoms with Crippen LogP contribution in [0.4, 0.5) is 0 Å². The smallest absolute Gasteiger partial charge is 0.339 e. The van der Waals surface area contributed by atoms with E-state index in [1.54, 1.807) is 18.2 Å². The van der Waals surface area contributed by atoms with Gasteiger partial charge in [0.15, 0.2) is 0 Å². The average Bonchev–Trinajstić information content (AvgIpc) is 2.85. The number of fused-ring (bicyclic) bond motifs is 1. The Morgan fingerprint density at radius 2 is 2.00 bits per heavy atom.